The van der Waals surface area contributed by atoms with E-state index in [0.29, 0.717) is 31.6 Å². The lowest BCUT2D eigenvalue weighted by Gasteiger charge is -2.40. The van der Waals surface area contributed by atoms with Gasteiger partial charge in [-0.15, -0.1) is 0 Å². The zero-order chi connectivity index (χ0) is 20.1. The minimum absolute atomic E-state index is 0.0464. The molecule has 6 heteroatoms. The van der Waals surface area contributed by atoms with Gasteiger partial charge in [-0.3, -0.25) is 14.4 Å². The van der Waals surface area contributed by atoms with E-state index in [2.05, 4.69) is 5.32 Å². The lowest BCUT2D eigenvalue weighted by molar-refractivity contribution is -0.148. The Morgan fingerprint density at radius 2 is 1.75 bits per heavy atom. The van der Waals surface area contributed by atoms with E-state index in [1.165, 1.54) is 0 Å². The number of nitrogens with one attached hydrogen (secondary N) is 1. The van der Waals surface area contributed by atoms with Gasteiger partial charge < -0.3 is 15.1 Å². The van der Waals surface area contributed by atoms with E-state index in [4.69, 9.17) is 0 Å². The molecule has 1 aromatic carbocycles. The molecule has 1 N–H and O–H groups in total. The van der Waals surface area contributed by atoms with Crippen LogP contribution in [0.1, 0.15) is 61.4 Å². The molecule has 3 amide bonds. The quantitative estimate of drug-likeness (QED) is 0.866. The summed E-state index contributed by atoms with van der Waals surface area (Å²) in [6, 6.07) is 7.34. The molecule has 0 radical (unpaired) electrons. The molecule has 0 spiro atoms. The van der Waals surface area contributed by atoms with E-state index in [9.17, 15) is 14.4 Å². The summed E-state index contributed by atoms with van der Waals surface area (Å²) in [4.78, 5) is 41.4. The molecule has 1 unspecified atom stereocenters. The second-order valence-electron chi connectivity index (χ2n) is 7.84. The summed E-state index contributed by atoms with van der Waals surface area (Å²) in [5, 5.41) is 3.11. The third kappa shape index (κ3) is 4.54. The average molecular weight is 386 g/mol. The maximum atomic E-state index is 13.0. The van der Waals surface area contributed by atoms with E-state index in [1.54, 1.807) is 4.90 Å². The predicted octanol–water partition coefficient (Wildman–Crippen LogP) is 2.51. The van der Waals surface area contributed by atoms with Crippen molar-refractivity contribution in [3.05, 3.63) is 35.4 Å². The SMILES string of the molecule is CCC(=O)N1CCCCC1C(=O)N1CCC(NC(=O)c2ccccc2C)CC1. The number of aryl methyl sites for hydroxylation is 1. The summed E-state index contributed by atoms with van der Waals surface area (Å²) in [7, 11) is 0. The molecule has 2 heterocycles. The van der Waals surface area contributed by atoms with Gasteiger partial charge in [-0.2, -0.15) is 0 Å². The number of carbonyl (C=O) groups is 3. The lowest BCUT2D eigenvalue weighted by atomic mass is 9.98. The van der Waals surface area contributed by atoms with Gasteiger partial charge in [0.15, 0.2) is 0 Å². The standard InChI is InChI=1S/C22H31N3O3/c1-3-20(26)25-13-7-6-10-19(25)22(28)24-14-11-17(12-15-24)23-21(27)18-9-5-4-8-16(18)2/h4-5,8-9,17,19H,3,6-7,10-15H2,1-2H3,(H,23,27). The summed E-state index contributed by atoms with van der Waals surface area (Å²) in [6.45, 7) is 5.72. The third-order valence-electron chi connectivity index (χ3n) is 5.94. The van der Waals surface area contributed by atoms with Crippen molar-refractivity contribution in [2.45, 2.75) is 64.5 Å². The minimum Gasteiger partial charge on any atom is -0.349 e. The normalized spacial score (nSPS) is 20.7. The fourth-order valence-corrected chi connectivity index (χ4v) is 4.24. The van der Waals surface area contributed by atoms with E-state index >= 15 is 0 Å². The van der Waals surface area contributed by atoms with Gasteiger partial charge in [0.25, 0.3) is 5.91 Å². The van der Waals surface area contributed by atoms with Crippen LogP contribution in [-0.2, 0) is 9.59 Å². The van der Waals surface area contributed by atoms with Crippen molar-refractivity contribution < 1.29 is 14.4 Å². The number of hydrogen-bond donors (Lipinski definition) is 1. The second-order valence-corrected chi connectivity index (χ2v) is 7.84. The van der Waals surface area contributed by atoms with E-state index in [-0.39, 0.29) is 29.8 Å². The zero-order valence-electron chi connectivity index (χ0n) is 16.9. The zero-order valence-corrected chi connectivity index (χ0v) is 16.9. The summed E-state index contributed by atoms with van der Waals surface area (Å²) in [6.07, 6.45) is 4.66. The number of rotatable bonds is 4. The molecule has 2 fully saturated rings. The van der Waals surface area contributed by atoms with Crippen molar-refractivity contribution in [2.24, 2.45) is 0 Å². The Labute approximate surface area is 167 Å². The summed E-state index contributed by atoms with van der Waals surface area (Å²) >= 11 is 0. The first-order valence-electron chi connectivity index (χ1n) is 10.5. The first-order valence-corrected chi connectivity index (χ1v) is 10.5. The van der Waals surface area contributed by atoms with Crippen molar-refractivity contribution in [3.63, 3.8) is 0 Å². The highest BCUT2D eigenvalue weighted by Gasteiger charge is 2.35. The van der Waals surface area contributed by atoms with Crippen molar-refractivity contribution in [3.8, 4) is 0 Å². The van der Waals surface area contributed by atoms with Crippen LogP contribution in [0.15, 0.2) is 24.3 Å². The van der Waals surface area contributed by atoms with Gasteiger partial charge in [0, 0.05) is 37.7 Å². The van der Waals surface area contributed by atoms with Crippen LogP contribution >= 0.6 is 0 Å². The number of likely N-dealkylation sites (tertiary alicyclic amines) is 2. The molecule has 0 aromatic heterocycles. The maximum absolute atomic E-state index is 13.0. The number of hydrogen-bond acceptors (Lipinski definition) is 3. The predicted molar refractivity (Wildman–Crippen MR) is 108 cm³/mol. The Morgan fingerprint density at radius 1 is 1.04 bits per heavy atom. The first-order chi connectivity index (χ1) is 13.5. The Kier molecular flexibility index (Phi) is 6.70. The van der Waals surface area contributed by atoms with Crippen LogP contribution in [0.2, 0.25) is 0 Å². The topological polar surface area (TPSA) is 69.7 Å². The maximum Gasteiger partial charge on any atom is 0.251 e. The lowest BCUT2D eigenvalue weighted by Crippen LogP contribution is -2.55. The van der Waals surface area contributed by atoms with Gasteiger partial charge in [-0.25, -0.2) is 0 Å². The van der Waals surface area contributed by atoms with Crippen molar-refractivity contribution in [2.75, 3.05) is 19.6 Å². The van der Waals surface area contributed by atoms with Crippen LogP contribution in [0.25, 0.3) is 0 Å². The molecule has 6 nitrogen and oxygen atoms in total. The van der Waals surface area contributed by atoms with Crippen LogP contribution in [0.4, 0.5) is 0 Å². The molecule has 2 aliphatic rings. The Balaban J connectivity index is 1.54. The molecule has 2 aliphatic heterocycles. The average Bonchev–Trinajstić information content (AvgIpc) is 2.73. The highest BCUT2D eigenvalue weighted by atomic mass is 16.2. The third-order valence-corrected chi connectivity index (χ3v) is 5.94. The van der Waals surface area contributed by atoms with Gasteiger partial charge in [0.05, 0.1) is 0 Å². The minimum atomic E-state index is -0.306. The molecular formula is C22H31N3O3. The van der Waals surface area contributed by atoms with Crippen molar-refractivity contribution >= 4 is 17.7 Å². The first kappa shape index (κ1) is 20.4. The van der Waals surface area contributed by atoms with Gasteiger partial charge in [-0.1, -0.05) is 25.1 Å². The van der Waals surface area contributed by atoms with Gasteiger partial charge in [-0.05, 0) is 50.7 Å². The fraction of sp³-hybridized carbons (Fsp3) is 0.591. The number of amides is 3. The van der Waals surface area contributed by atoms with E-state index in [0.717, 1.165) is 37.7 Å². The van der Waals surface area contributed by atoms with Gasteiger partial charge >= 0.3 is 0 Å². The molecular weight excluding hydrogens is 354 g/mol. The molecule has 2 saturated heterocycles. The molecule has 3 rings (SSSR count). The van der Waals surface area contributed by atoms with Crippen LogP contribution in [-0.4, -0.2) is 59.2 Å². The molecule has 1 atom stereocenters. The van der Waals surface area contributed by atoms with E-state index < -0.39 is 0 Å². The van der Waals surface area contributed by atoms with Gasteiger partial charge in [0.2, 0.25) is 11.8 Å². The summed E-state index contributed by atoms with van der Waals surface area (Å²) in [5.41, 5.74) is 1.67. The van der Waals surface area contributed by atoms with Crippen LogP contribution in [0.3, 0.4) is 0 Å². The number of carbonyl (C=O) groups excluding carboxylic acids is 3. The van der Waals surface area contributed by atoms with E-state index in [1.807, 2.05) is 43.0 Å². The Morgan fingerprint density at radius 3 is 2.43 bits per heavy atom. The van der Waals surface area contributed by atoms with Crippen LogP contribution in [0.5, 0.6) is 0 Å². The molecule has 0 aliphatic carbocycles. The van der Waals surface area contributed by atoms with Crippen molar-refractivity contribution in [1.29, 1.82) is 0 Å². The highest BCUT2D eigenvalue weighted by molar-refractivity contribution is 5.95. The second kappa shape index (κ2) is 9.22. The fourth-order valence-electron chi connectivity index (χ4n) is 4.24. The van der Waals surface area contributed by atoms with Gasteiger partial charge in [0.1, 0.15) is 6.04 Å². The molecule has 0 saturated carbocycles. The number of nitrogens with zero attached hydrogens (tertiary/aromatic N) is 2. The summed E-state index contributed by atoms with van der Waals surface area (Å²) < 4.78 is 0. The van der Waals surface area contributed by atoms with Crippen molar-refractivity contribution in [1.82, 2.24) is 15.1 Å². The molecule has 1 aromatic rings. The molecule has 0 bridgehead atoms. The summed E-state index contributed by atoms with van der Waals surface area (Å²) in [5.74, 6) is 0.0958. The highest BCUT2D eigenvalue weighted by Crippen LogP contribution is 2.22. The number of benzene rings is 1. The van der Waals surface area contributed by atoms with Crippen LogP contribution < -0.4 is 5.32 Å². The Bertz CT molecular complexity index is 725. The molecule has 28 heavy (non-hydrogen) atoms. The molecule has 152 valence electrons. The monoisotopic (exact) mass is 385 g/mol. The Hall–Kier alpha value is -2.37. The smallest absolute Gasteiger partial charge is 0.251 e. The van der Waals surface area contributed by atoms with Crippen LogP contribution in [0, 0.1) is 6.92 Å². The number of piperidine rings is 2. The largest absolute Gasteiger partial charge is 0.349 e.